The summed E-state index contributed by atoms with van der Waals surface area (Å²) >= 11 is 0. The molecule has 1 heterocycles. The van der Waals surface area contributed by atoms with Crippen LogP contribution < -0.4 is 5.32 Å². The Kier molecular flexibility index (Phi) is 4.29. The molecule has 0 spiro atoms. The summed E-state index contributed by atoms with van der Waals surface area (Å²) in [6.45, 7) is 2.49. The molecule has 108 valence electrons. The predicted molar refractivity (Wildman–Crippen MR) is 69.0 cm³/mol. The van der Waals surface area contributed by atoms with Gasteiger partial charge in [0.15, 0.2) is 0 Å². The number of nitrogens with one attached hydrogen (secondary N) is 1. The maximum absolute atomic E-state index is 13.5. The third kappa shape index (κ3) is 3.11. The quantitative estimate of drug-likeness (QED) is 0.676. The van der Waals surface area contributed by atoms with Gasteiger partial charge in [-0.15, -0.1) is 0 Å². The predicted octanol–water partition coefficient (Wildman–Crippen LogP) is 2.03. The number of amides is 1. The highest BCUT2D eigenvalue weighted by Gasteiger charge is 2.24. The van der Waals surface area contributed by atoms with Gasteiger partial charge in [-0.2, -0.15) is 4.39 Å². The highest BCUT2D eigenvalue weighted by atomic mass is 19.1. The minimum atomic E-state index is -1.02. The Bertz CT molecular complexity index is 529. The van der Waals surface area contributed by atoms with Gasteiger partial charge in [-0.05, 0) is 31.9 Å². The second kappa shape index (κ2) is 5.96. The Balaban J connectivity index is 2.05. The fraction of sp³-hybridized carbons (Fsp3) is 0.462. The van der Waals surface area contributed by atoms with E-state index in [0.29, 0.717) is 6.61 Å². The minimum Gasteiger partial charge on any atom is -0.376 e. The van der Waals surface area contributed by atoms with Gasteiger partial charge in [0, 0.05) is 18.2 Å². The van der Waals surface area contributed by atoms with E-state index < -0.39 is 22.3 Å². The number of nitrogens with zero attached hydrogens (tertiary/aromatic N) is 1. The van der Waals surface area contributed by atoms with Crippen LogP contribution in [-0.2, 0) is 4.74 Å². The molecule has 0 bridgehead atoms. The number of nitro groups is 1. The van der Waals surface area contributed by atoms with Gasteiger partial charge in [-0.3, -0.25) is 14.9 Å². The smallest absolute Gasteiger partial charge is 0.304 e. The summed E-state index contributed by atoms with van der Waals surface area (Å²) in [4.78, 5) is 21.6. The summed E-state index contributed by atoms with van der Waals surface area (Å²) in [5.41, 5.74) is -0.591. The fourth-order valence-corrected chi connectivity index (χ4v) is 2.18. The third-order valence-corrected chi connectivity index (χ3v) is 3.29. The topological polar surface area (TPSA) is 81.5 Å². The first-order valence-electron chi connectivity index (χ1n) is 6.35. The van der Waals surface area contributed by atoms with Gasteiger partial charge in [-0.1, -0.05) is 0 Å². The van der Waals surface area contributed by atoms with Crippen LogP contribution in [0.15, 0.2) is 18.2 Å². The van der Waals surface area contributed by atoms with E-state index in [-0.39, 0.29) is 17.7 Å². The van der Waals surface area contributed by atoms with E-state index >= 15 is 0 Å². The molecule has 1 saturated heterocycles. The maximum atomic E-state index is 13.5. The monoisotopic (exact) mass is 282 g/mol. The molecule has 0 saturated carbocycles. The first-order chi connectivity index (χ1) is 9.49. The lowest BCUT2D eigenvalue weighted by atomic mass is 10.1. The molecule has 2 unspecified atom stereocenters. The molecule has 20 heavy (non-hydrogen) atoms. The first kappa shape index (κ1) is 14.4. The Morgan fingerprint density at radius 1 is 1.60 bits per heavy atom. The molecule has 1 fully saturated rings. The largest absolute Gasteiger partial charge is 0.376 e. The zero-order valence-corrected chi connectivity index (χ0v) is 11.0. The van der Waals surface area contributed by atoms with E-state index in [1.54, 1.807) is 0 Å². The normalized spacial score (nSPS) is 19.6. The van der Waals surface area contributed by atoms with Gasteiger partial charge in [0.1, 0.15) is 0 Å². The molecule has 1 aromatic carbocycles. The van der Waals surface area contributed by atoms with Crippen LogP contribution in [0.3, 0.4) is 0 Å². The van der Waals surface area contributed by atoms with Crippen LogP contribution in [0.1, 0.15) is 30.1 Å². The summed E-state index contributed by atoms with van der Waals surface area (Å²) in [6, 6.07) is 2.90. The van der Waals surface area contributed by atoms with Crippen molar-refractivity contribution in [3.8, 4) is 0 Å². The average Bonchev–Trinajstić information content (AvgIpc) is 2.91. The van der Waals surface area contributed by atoms with Crippen LogP contribution in [0.4, 0.5) is 10.1 Å². The summed E-state index contributed by atoms with van der Waals surface area (Å²) < 4.78 is 18.9. The van der Waals surface area contributed by atoms with Crippen molar-refractivity contribution in [3.05, 3.63) is 39.7 Å². The number of halogens is 1. The van der Waals surface area contributed by atoms with Gasteiger partial charge in [0.2, 0.25) is 5.82 Å². The zero-order valence-electron chi connectivity index (χ0n) is 11.0. The van der Waals surface area contributed by atoms with Crippen LogP contribution >= 0.6 is 0 Å². The Hall–Kier alpha value is -2.02. The molecular weight excluding hydrogens is 267 g/mol. The molecule has 2 rings (SSSR count). The number of ether oxygens (including phenoxy) is 1. The maximum Gasteiger partial charge on any atom is 0.304 e. The second-order valence-corrected chi connectivity index (χ2v) is 4.74. The van der Waals surface area contributed by atoms with E-state index in [9.17, 15) is 19.3 Å². The van der Waals surface area contributed by atoms with Crippen molar-refractivity contribution in [3.63, 3.8) is 0 Å². The Labute approximate surface area is 115 Å². The summed E-state index contributed by atoms with van der Waals surface area (Å²) in [5, 5.41) is 13.2. The number of benzene rings is 1. The van der Waals surface area contributed by atoms with Gasteiger partial charge in [-0.25, -0.2) is 0 Å². The van der Waals surface area contributed by atoms with Gasteiger partial charge in [0.05, 0.1) is 17.1 Å². The van der Waals surface area contributed by atoms with Crippen LogP contribution in [0.25, 0.3) is 0 Å². The number of carbonyl (C=O) groups is 1. The standard InChI is InChI=1S/C13H15FN2O4/c1-8(12-3-2-6-20-12)15-13(17)9-4-5-11(16(18)19)10(14)7-9/h4-5,7-8,12H,2-3,6H2,1H3,(H,15,17). The van der Waals surface area contributed by atoms with E-state index in [2.05, 4.69) is 5.32 Å². The van der Waals surface area contributed by atoms with Crippen LogP contribution in [0.2, 0.25) is 0 Å². The lowest BCUT2D eigenvalue weighted by Crippen LogP contribution is -2.40. The molecule has 1 aromatic rings. The number of hydrogen-bond donors (Lipinski definition) is 1. The SMILES string of the molecule is CC(NC(=O)c1ccc([N+](=O)[O-])c(F)c1)C1CCCO1. The molecule has 0 aliphatic carbocycles. The van der Waals surface area contributed by atoms with E-state index in [4.69, 9.17) is 4.74 Å². The minimum absolute atomic E-state index is 0.0400. The van der Waals surface area contributed by atoms with Crippen molar-refractivity contribution in [2.75, 3.05) is 6.61 Å². The van der Waals surface area contributed by atoms with E-state index in [1.807, 2.05) is 6.92 Å². The summed E-state index contributed by atoms with van der Waals surface area (Å²) in [6.07, 6.45) is 1.79. The molecule has 1 aliphatic heterocycles. The summed E-state index contributed by atoms with van der Waals surface area (Å²) in [5.74, 6) is -1.49. The van der Waals surface area contributed by atoms with Crippen molar-refractivity contribution < 1.29 is 18.8 Å². The molecular formula is C13H15FN2O4. The average molecular weight is 282 g/mol. The van der Waals surface area contributed by atoms with Crippen LogP contribution in [-0.4, -0.2) is 29.6 Å². The van der Waals surface area contributed by atoms with Crippen LogP contribution in [0, 0.1) is 15.9 Å². The number of nitro benzene ring substituents is 1. The Morgan fingerprint density at radius 3 is 2.90 bits per heavy atom. The van der Waals surface area contributed by atoms with Crippen molar-refractivity contribution in [1.82, 2.24) is 5.32 Å². The number of carbonyl (C=O) groups excluding carboxylic acids is 1. The highest BCUT2D eigenvalue weighted by Crippen LogP contribution is 2.19. The Morgan fingerprint density at radius 2 is 2.35 bits per heavy atom. The van der Waals surface area contributed by atoms with Crippen molar-refractivity contribution >= 4 is 11.6 Å². The van der Waals surface area contributed by atoms with Crippen molar-refractivity contribution in [1.29, 1.82) is 0 Å². The lowest BCUT2D eigenvalue weighted by Gasteiger charge is -2.19. The van der Waals surface area contributed by atoms with Gasteiger partial charge >= 0.3 is 5.69 Å². The molecule has 6 nitrogen and oxygen atoms in total. The second-order valence-electron chi connectivity index (χ2n) is 4.74. The molecule has 2 atom stereocenters. The van der Waals surface area contributed by atoms with E-state index in [1.165, 1.54) is 6.07 Å². The third-order valence-electron chi connectivity index (χ3n) is 3.29. The molecule has 1 aliphatic rings. The molecule has 7 heteroatoms. The fourth-order valence-electron chi connectivity index (χ4n) is 2.18. The van der Waals surface area contributed by atoms with Crippen molar-refractivity contribution in [2.45, 2.75) is 31.9 Å². The molecule has 1 N–H and O–H groups in total. The lowest BCUT2D eigenvalue weighted by molar-refractivity contribution is -0.387. The molecule has 0 aromatic heterocycles. The van der Waals surface area contributed by atoms with Gasteiger partial charge in [0.25, 0.3) is 5.91 Å². The molecule has 1 amide bonds. The van der Waals surface area contributed by atoms with Crippen molar-refractivity contribution in [2.24, 2.45) is 0 Å². The number of rotatable bonds is 4. The first-order valence-corrected chi connectivity index (χ1v) is 6.35. The zero-order chi connectivity index (χ0) is 14.7. The van der Waals surface area contributed by atoms with Crippen LogP contribution in [0.5, 0.6) is 0 Å². The molecule has 0 radical (unpaired) electrons. The van der Waals surface area contributed by atoms with Gasteiger partial charge < -0.3 is 10.1 Å². The van der Waals surface area contributed by atoms with E-state index in [0.717, 1.165) is 25.0 Å². The highest BCUT2D eigenvalue weighted by molar-refractivity contribution is 5.94. The number of hydrogen-bond acceptors (Lipinski definition) is 4. The summed E-state index contributed by atoms with van der Waals surface area (Å²) in [7, 11) is 0.